The quantitative estimate of drug-likeness (QED) is 0.766. The number of benzene rings is 2. The molecule has 1 amide bonds. The van der Waals surface area contributed by atoms with Gasteiger partial charge in [-0.3, -0.25) is 4.79 Å². The zero-order valence-electron chi connectivity index (χ0n) is 11.3. The molecule has 0 aliphatic heterocycles. The predicted octanol–water partition coefficient (Wildman–Crippen LogP) is 4.17. The summed E-state index contributed by atoms with van der Waals surface area (Å²) in [5.41, 5.74) is 6.26. The number of carbonyl (C=O) groups excluding carboxylic acids is 1. The zero-order valence-corrected chi connectivity index (χ0v) is 12.1. The minimum atomic E-state index is -0.0826. The third-order valence-electron chi connectivity index (χ3n) is 3.23. The largest absolute Gasteiger partial charge is 0.322 e. The number of amides is 1. The van der Waals surface area contributed by atoms with Gasteiger partial charge in [-0.25, -0.2) is 4.98 Å². The number of rotatable bonds is 2. The van der Waals surface area contributed by atoms with E-state index < -0.39 is 0 Å². The number of carbonyl (C=O) groups is 1. The zero-order chi connectivity index (χ0) is 14.1. The Balaban J connectivity index is 1.89. The summed E-state index contributed by atoms with van der Waals surface area (Å²) >= 11 is 1.59. The fourth-order valence-corrected chi connectivity index (χ4v) is 2.77. The molecule has 1 N–H and O–H groups in total. The van der Waals surface area contributed by atoms with Gasteiger partial charge >= 0.3 is 0 Å². The number of anilines is 1. The summed E-state index contributed by atoms with van der Waals surface area (Å²) in [5, 5.41) is 2.93. The molecule has 1 aromatic heterocycles. The molecular weight excluding hydrogens is 268 g/mol. The molecule has 0 saturated carbocycles. The van der Waals surface area contributed by atoms with E-state index >= 15 is 0 Å². The Hall–Kier alpha value is -2.20. The van der Waals surface area contributed by atoms with Crippen LogP contribution in [0.15, 0.2) is 41.9 Å². The molecule has 0 saturated heterocycles. The maximum absolute atomic E-state index is 12.3. The maximum Gasteiger partial charge on any atom is 0.255 e. The standard InChI is InChI=1S/C16H14N2OS/c1-10-3-4-11(2)13(7-10)16(19)18-12-5-6-15-14(8-12)17-9-20-15/h3-9H,1-2H3,(H,18,19). The van der Waals surface area contributed by atoms with Crippen LogP contribution in [0.4, 0.5) is 5.69 Å². The molecule has 100 valence electrons. The Morgan fingerprint density at radius 1 is 1.15 bits per heavy atom. The molecule has 3 nitrogen and oxygen atoms in total. The van der Waals surface area contributed by atoms with Gasteiger partial charge in [0.05, 0.1) is 15.7 Å². The van der Waals surface area contributed by atoms with E-state index in [4.69, 9.17) is 0 Å². The number of thiazole rings is 1. The van der Waals surface area contributed by atoms with Gasteiger partial charge < -0.3 is 5.32 Å². The minimum Gasteiger partial charge on any atom is -0.322 e. The predicted molar refractivity (Wildman–Crippen MR) is 83.5 cm³/mol. The lowest BCUT2D eigenvalue weighted by Gasteiger charge is -2.08. The van der Waals surface area contributed by atoms with E-state index in [1.165, 1.54) is 0 Å². The van der Waals surface area contributed by atoms with E-state index in [1.807, 2.05) is 50.2 Å². The van der Waals surface area contributed by atoms with Crippen molar-refractivity contribution in [3.8, 4) is 0 Å². The van der Waals surface area contributed by atoms with Crippen molar-refractivity contribution in [1.29, 1.82) is 0 Å². The van der Waals surface area contributed by atoms with Gasteiger partial charge in [-0.15, -0.1) is 11.3 Å². The molecule has 0 radical (unpaired) electrons. The van der Waals surface area contributed by atoms with Crippen molar-refractivity contribution in [2.75, 3.05) is 5.32 Å². The summed E-state index contributed by atoms with van der Waals surface area (Å²) in [6.07, 6.45) is 0. The Morgan fingerprint density at radius 3 is 2.85 bits per heavy atom. The van der Waals surface area contributed by atoms with E-state index in [2.05, 4.69) is 10.3 Å². The first-order chi connectivity index (χ1) is 9.63. The van der Waals surface area contributed by atoms with Gasteiger partial charge in [-0.05, 0) is 43.7 Å². The Labute approximate surface area is 121 Å². The van der Waals surface area contributed by atoms with Crippen LogP contribution in [0.2, 0.25) is 0 Å². The molecule has 3 rings (SSSR count). The third kappa shape index (κ3) is 2.42. The lowest BCUT2D eigenvalue weighted by molar-refractivity contribution is 0.102. The second-order valence-corrected chi connectivity index (χ2v) is 5.69. The molecule has 0 aliphatic rings. The van der Waals surface area contributed by atoms with E-state index in [0.29, 0.717) is 5.56 Å². The summed E-state index contributed by atoms with van der Waals surface area (Å²) in [6.45, 7) is 3.93. The van der Waals surface area contributed by atoms with Crippen molar-refractivity contribution in [3.05, 3.63) is 58.6 Å². The molecule has 20 heavy (non-hydrogen) atoms. The van der Waals surface area contributed by atoms with Crippen molar-refractivity contribution in [3.63, 3.8) is 0 Å². The van der Waals surface area contributed by atoms with Crippen LogP contribution >= 0.6 is 11.3 Å². The molecule has 0 bridgehead atoms. The monoisotopic (exact) mass is 282 g/mol. The summed E-state index contributed by atoms with van der Waals surface area (Å²) < 4.78 is 1.12. The first-order valence-corrected chi connectivity index (χ1v) is 7.23. The molecule has 4 heteroatoms. The topological polar surface area (TPSA) is 42.0 Å². The van der Waals surface area contributed by atoms with Crippen LogP contribution in [-0.4, -0.2) is 10.9 Å². The first kappa shape index (κ1) is 12.8. The average Bonchev–Trinajstić information content (AvgIpc) is 2.89. The number of hydrogen-bond acceptors (Lipinski definition) is 3. The Kier molecular flexibility index (Phi) is 3.24. The SMILES string of the molecule is Cc1ccc(C)c(C(=O)Nc2ccc3scnc3c2)c1. The highest BCUT2D eigenvalue weighted by atomic mass is 32.1. The number of fused-ring (bicyclic) bond motifs is 1. The van der Waals surface area contributed by atoms with Crippen LogP contribution in [0, 0.1) is 13.8 Å². The first-order valence-electron chi connectivity index (χ1n) is 6.35. The number of hydrogen-bond donors (Lipinski definition) is 1. The number of nitrogens with zero attached hydrogens (tertiary/aromatic N) is 1. The minimum absolute atomic E-state index is 0.0826. The molecule has 0 atom stereocenters. The number of aromatic nitrogens is 1. The molecule has 0 fully saturated rings. The highest BCUT2D eigenvalue weighted by Crippen LogP contribution is 2.22. The highest BCUT2D eigenvalue weighted by molar-refractivity contribution is 7.16. The normalized spacial score (nSPS) is 10.7. The third-order valence-corrected chi connectivity index (χ3v) is 4.04. The van der Waals surface area contributed by atoms with Crippen molar-refractivity contribution < 1.29 is 4.79 Å². The van der Waals surface area contributed by atoms with Crippen molar-refractivity contribution in [1.82, 2.24) is 4.98 Å². The molecule has 2 aromatic carbocycles. The summed E-state index contributed by atoms with van der Waals surface area (Å²) in [5.74, 6) is -0.0826. The van der Waals surface area contributed by atoms with Gasteiger partial charge in [-0.1, -0.05) is 17.7 Å². The molecule has 1 heterocycles. The molecule has 0 unspecified atom stereocenters. The van der Waals surface area contributed by atoms with Gasteiger partial charge in [0.1, 0.15) is 0 Å². The van der Waals surface area contributed by atoms with Crippen LogP contribution in [0.1, 0.15) is 21.5 Å². The van der Waals surface area contributed by atoms with Gasteiger partial charge in [-0.2, -0.15) is 0 Å². The van der Waals surface area contributed by atoms with E-state index in [0.717, 1.165) is 27.0 Å². The van der Waals surface area contributed by atoms with Gasteiger partial charge in [0.25, 0.3) is 5.91 Å². The fraction of sp³-hybridized carbons (Fsp3) is 0.125. The van der Waals surface area contributed by atoms with Crippen molar-refractivity contribution in [2.24, 2.45) is 0 Å². The van der Waals surface area contributed by atoms with Crippen LogP contribution < -0.4 is 5.32 Å². The lowest BCUT2D eigenvalue weighted by atomic mass is 10.1. The summed E-state index contributed by atoms with van der Waals surface area (Å²) in [7, 11) is 0. The number of aryl methyl sites for hydroxylation is 2. The van der Waals surface area contributed by atoms with E-state index in [1.54, 1.807) is 16.8 Å². The molecule has 3 aromatic rings. The van der Waals surface area contributed by atoms with E-state index in [-0.39, 0.29) is 5.91 Å². The van der Waals surface area contributed by atoms with Crippen molar-refractivity contribution >= 4 is 33.1 Å². The molecular formula is C16H14N2OS. The van der Waals surface area contributed by atoms with Crippen LogP contribution in [0.5, 0.6) is 0 Å². The summed E-state index contributed by atoms with van der Waals surface area (Å²) in [6, 6.07) is 11.7. The summed E-state index contributed by atoms with van der Waals surface area (Å²) in [4.78, 5) is 16.6. The van der Waals surface area contributed by atoms with E-state index in [9.17, 15) is 4.79 Å². The van der Waals surface area contributed by atoms with Crippen LogP contribution in [0.3, 0.4) is 0 Å². The lowest BCUT2D eigenvalue weighted by Crippen LogP contribution is -2.13. The van der Waals surface area contributed by atoms with Gasteiger partial charge in [0.15, 0.2) is 0 Å². The van der Waals surface area contributed by atoms with Gasteiger partial charge in [0, 0.05) is 11.3 Å². The maximum atomic E-state index is 12.3. The number of nitrogens with one attached hydrogen (secondary N) is 1. The second-order valence-electron chi connectivity index (χ2n) is 4.81. The smallest absolute Gasteiger partial charge is 0.255 e. The second kappa shape index (κ2) is 5.06. The molecule has 0 aliphatic carbocycles. The molecule has 0 spiro atoms. The Morgan fingerprint density at radius 2 is 2.00 bits per heavy atom. The van der Waals surface area contributed by atoms with Crippen LogP contribution in [-0.2, 0) is 0 Å². The Bertz CT molecular complexity index is 792. The van der Waals surface area contributed by atoms with Gasteiger partial charge in [0.2, 0.25) is 0 Å². The van der Waals surface area contributed by atoms with Crippen molar-refractivity contribution in [2.45, 2.75) is 13.8 Å². The highest BCUT2D eigenvalue weighted by Gasteiger charge is 2.10. The van der Waals surface area contributed by atoms with Crippen LogP contribution in [0.25, 0.3) is 10.2 Å². The average molecular weight is 282 g/mol. The fourth-order valence-electron chi connectivity index (χ4n) is 2.11.